The highest BCUT2D eigenvalue weighted by Crippen LogP contribution is 2.78. The molecule has 2 aromatic carbocycles. The number of phenolic OH excluding ortho intramolecular Hbond substituents is 1. The van der Waals surface area contributed by atoms with Crippen LogP contribution in [0.15, 0.2) is 48.6 Å². The van der Waals surface area contributed by atoms with Crippen LogP contribution in [-0.4, -0.2) is 112 Å². The van der Waals surface area contributed by atoms with Gasteiger partial charge >= 0.3 is 0 Å². The molecule has 8 bridgehead atoms. The number of rotatable bonds is 8. The largest absolute Gasteiger partial charge is 0.504 e. The van der Waals surface area contributed by atoms with Crippen LogP contribution in [0.1, 0.15) is 135 Å². The van der Waals surface area contributed by atoms with Crippen LogP contribution in [0.3, 0.4) is 0 Å². The molecule has 3 N–H and O–H groups in total. The number of benzene rings is 2. The van der Waals surface area contributed by atoms with Gasteiger partial charge in [0, 0.05) is 73.2 Å². The molecule has 6 fully saturated rings. The topological polar surface area (TPSA) is 104 Å². The highest BCUT2D eigenvalue weighted by molar-refractivity contribution is 5.66. The third kappa shape index (κ3) is 5.07. The van der Waals surface area contributed by atoms with Crippen molar-refractivity contribution in [2.24, 2.45) is 45.3 Å². The number of aromatic hydroxyl groups is 1. The van der Waals surface area contributed by atoms with Gasteiger partial charge < -0.3 is 34.3 Å². The lowest BCUT2D eigenvalue weighted by Gasteiger charge is -2.73. The first-order valence-electron chi connectivity index (χ1n) is 26.8. The van der Waals surface area contributed by atoms with Gasteiger partial charge in [0.05, 0.1) is 22.0 Å². The Bertz CT molecular complexity index is 2370. The molecule has 2 saturated heterocycles. The molecule has 4 aliphatic heterocycles. The number of methoxy groups -OCH3 is 2. The first-order valence-corrected chi connectivity index (χ1v) is 26.8. The van der Waals surface area contributed by atoms with E-state index >= 15 is 0 Å². The minimum absolute atomic E-state index is 0.0307. The van der Waals surface area contributed by atoms with Crippen LogP contribution in [0, 0.1) is 52.3 Å². The zero-order valence-electron chi connectivity index (χ0n) is 43.0. The van der Waals surface area contributed by atoms with Crippen LogP contribution in [0.4, 0.5) is 0 Å². The number of hydrogen-bond acceptors (Lipinski definition) is 9. The fraction of sp³-hybridized carbons (Fsp3) is 0.729. The summed E-state index contributed by atoms with van der Waals surface area (Å²) in [7, 11) is 3.62. The molecule has 4 spiro atoms. The van der Waals surface area contributed by atoms with Gasteiger partial charge in [-0.25, -0.2) is 0 Å². The zero-order chi connectivity index (χ0) is 47.8. The third-order valence-electron chi connectivity index (χ3n) is 22.8. The molecule has 4 heterocycles. The highest BCUT2D eigenvalue weighted by Gasteiger charge is 2.83. The standard InChI is InChI=1S/C30H41NO3.C29H39NO4/c1-18-7-10-20-15-22-28-11-12-30(33-6,21(16-28)27(5,32)26(2,3)4)25-29(28,23(20)24(18)34-25)13-14-31(22)17-19-8-9-19;1-25(2,3)26(4,32)20-15-27-10-11-29(20,33-5)24-28(27)12-13-30(16-17-6-7-17)21(27)14-18-8-9-19(31)23(34-24)22(18)28/h7,10-12,19,21-22,25,32H,8-9,13-17H2,1-6H3;8-11,17,20-21,24,31-32H,6-7,12-16H2,1-5H3/t21-,22-,25-,27+,28-,29+,30-;20-,21-,24-,26+,27-,28+,29-/m11/s1. The van der Waals surface area contributed by atoms with E-state index in [0.29, 0.717) is 17.8 Å². The number of piperidine rings is 2. The lowest BCUT2D eigenvalue weighted by Crippen LogP contribution is -2.81. The minimum atomic E-state index is -0.960. The van der Waals surface area contributed by atoms with Crippen molar-refractivity contribution in [1.29, 1.82) is 0 Å². The maximum absolute atomic E-state index is 12.2. The number of nitrogens with zero attached hydrogens (tertiary/aromatic N) is 2. The molecule has 2 aromatic rings. The van der Waals surface area contributed by atoms with Crippen molar-refractivity contribution in [3.8, 4) is 17.2 Å². The molecule has 0 radical (unpaired) electrons. The van der Waals surface area contributed by atoms with Crippen LogP contribution in [-0.2, 0) is 33.1 Å². The van der Waals surface area contributed by atoms with Crippen molar-refractivity contribution >= 4 is 0 Å². The number of likely N-dealkylation sites (tertiary alicyclic amines) is 2. The minimum Gasteiger partial charge on any atom is -0.504 e. The lowest BCUT2D eigenvalue weighted by molar-refractivity contribution is -0.263. The van der Waals surface area contributed by atoms with Gasteiger partial charge in [-0.15, -0.1) is 0 Å². The van der Waals surface area contributed by atoms with E-state index in [1.54, 1.807) is 7.11 Å². The molecule has 14 atom stereocenters. The van der Waals surface area contributed by atoms with Gasteiger partial charge in [-0.05, 0) is 143 Å². The van der Waals surface area contributed by atoms with E-state index in [-0.39, 0.29) is 62.3 Å². The second-order valence-corrected chi connectivity index (χ2v) is 27.1. The summed E-state index contributed by atoms with van der Waals surface area (Å²) in [4.78, 5) is 5.60. The average molecular weight is 929 g/mol. The normalized spacial score (nSPS) is 43.4. The Morgan fingerprint density at radius 2 is 1.04 bits per heavy atom. The molecule has 0 unspecified atom stereocenters. The van der Waals surface area contributed by atoms with Crippen molar-refractivity contribution in [2.45, 2.75) is 184 Å². The lowest BCUT2D eigenvalue weighted by atomic mass is 9.35. The molecule has 9 nitrogen and oxygen atoms in total. The number of aliphatic hydroxyl groups is 2. The van der Waals surface area contributed by atoms with Crippen LogP contribution >= 0.6 is 0 Å². The highest BCUT2D eigenvalue weighted by atomic mass is 16.6. The number of ether oxygens (including phenoxy) is 4. The third-order valence-corrected chi connectivity index (χ3v) is 22.8. The summed E-state index contributed by atoms with van der Waals surface area (Å²) in [6.45, 7) is 23.8. The number of hydrogen-bond donors (Lipinski definition) is 3. The molecule has 68 heavy (non-hydrogen) atoms. The van der Waals surface area contributed by atoms with Crippen molar-refractivity contribution in [2.75, 3.05) is 40.4 Å². The monoisotopic (exact) mass is 929 g/mol. The van der Waals surface area contributed by atoms with Gasteiger partial charge in [0.15, 0.2) is 11.5 Å². The Hall–Kier alpha value is -2.92. The first kappa shape index (κ1) is 45.0. The molecule has 14 aliphatic rings. The van der Waals surface area contributed by atoms with E-state index in [4.69, 9.17) is 18.9 Å². The first-order chi connectivity index (χ1) is 32.0. The van der Waals surface area contributed by atoms with Crippen molar-refractivity contribution in [3.05, 3.63) is 76.4 Å². The number of fused-ring (bicyclic) bond motifs is 2. The molecular weight excluding hydrogens is 849 g/mol. The van der Waals surface area contributed by atoms with Gasteiger partial charge in [-0.2, -0.15) is 0 Å². The molecule has 0 amide bonds. The molecule has 368 valence electrons. The smallest absolute Gasteiger partial charge is 0.165 e. The van der Waals surface area contributed by atoms with E-state index in [2.05, 4.69) is 108 Å². The predicted molar refractivity (Wildman–Crippen MR) is 263 cm³/mol. The number of phenols is 1. The predicted octanol–water partition coefficient (Wildman–Crippen LogP) is 8.98. The van der Waals surface area contributed by atoms with E-state index in [9.17, 15) is 15.3 Å². The fourth-order valence-corrected chi connectivity index (χ4v) is 18.0. The maximum Gasteiger partial charge on any atom is 0.165 e. The summed E-state index contributed by atoms with van der Waals surface area (Å²) in [6.07, 6.45) is 20.8. The molecule has 16 rings (SSSR count). The van der Waals surface area contributed by atoms with E-state index in [1.807, 2.05) is 20.1 Å². The van der Waals surface area contributed by atoms with Crippen LogP contribution < -0.4 is 9.47 Å². The Balaban J connectivity index is 0.000000134. The van der Waals surface area contributed by atoms with E-state index in [0.717, 1.165) is 69.2 Å². The van der Waals surface area contributed by atoms with Crippen LogP contribution in [0.2, 0.25) is 0 Å². The Morgan fingerprint density at radius 1 is 0.618 bits per heavy atom. The van der Waals surface area contributed by atoms with Crippen molar-refractivity contribution in [1.82, 2.24) is 9.80 Å². The summed E-state index contributed by atoms with van der Waals surface area (Å²) in [5.74, 6) is 3.58. The van der Waals surface area contributed by atoms with Crippen molar-refractivity contribution in [3.63, 3.8) is 0 Å². The quantitative estimate of drug-likeness (QED) is 0.224. The molecule has 9 heteroatoms. The maximum atomic E-state index is 12.2. The molecule has 0 aromatic heterocycles. The Labute approximate surface area is 406 Å². The van der Waals surface area contributed by atoms with E-state index in [1.165, 1.54) is 66.6 Å². The zero-order valence-corrected chi connectivity index (χ0v) is 43.0. The van der Waals surface area contributed by atoms with Gasteiger partial charge in [-0.1, -0.05) is 84.0 Å². The van der Waals surface area contributed by atoms with Crippen molar-refractivity contribution < 1.29 is 34.3 Å². The summed E-state index contributed by atoms with van der Waals surface area (Å²) in [5, 5.41) is 35.3. The Morgan fingerprint density at radius 3 is 1.47 bits per heavy atom. The van der Waals surface area contributed by atoms with Crippen LogP contribution in [0.25, 0.3) is 0 Å². The summed E-state index contributed by atoms with van der Waals surface area (Å²) >= 11 is 0. The summed E-state index contributed by atoms with van der Waals surface area (Å²) in [6, 6.07) is 9.43. The summed E-state index contributed by atoms with van der Waals surface area (Å²) in [5.41, 5.74) is 2.47. The van der Waals surface area contributed by atoms with E-state index < -0.39 is 22.4 Å². The second kappa shape index (κ2) is 13.6. The van der Waals surface area contributed by atoms with Gasteiger partial charge in [-0.3, -0.25) is 9.80 Å². The fourth-order valence-electron chi connectivity index (χ4n) is 18.0. The molecule has 4 saturated carbocycles. The number of aryl methyl sites for hydroxylation is 1. The van der Waals surface area contributed by atoms with Gasteiger partial charge in [0.1, 0.15) is 29.2 Å². The average Bonchev–Trinajstić information content (AvgIpc) is 4.23. The summed E-state index contributed by atoms with van der Waals surface area (Å²) < 4.78 is 27.0. The Kier molecular flexibility index (Phi) is 8.98. The SMILES string of the molecule is CO[C@]12C=C[C@@]3(C[C@@H]1[C@](C)(O)C(C)(C)C)[C@H]1Cc4ccc(C)c5c4[C@@]3(CCN1CC1CC1)[C@H]2O5.CO[C@]12C=C[C@@]3(C[C@@H]1[C@](C)(O)C(C)(C)C)[C@H]1Cc4ccc(O)c5c4[C@@]3(CCN1CC1CC1)[C@H]2O5. The molecular formula is C59H80N2O7. The molecule has 10 aliphatic carbocycles. The second-order valence-electron chi connectivity index (χ2n) is 27.1. The van der Waals surface area contributed by atoms with Gasteiger partial charge in [0.2, 0.25) is 0 Å². The van der Waals surface area contributed by atoms with Gasteiger partial charge in [0.25, 0.3) is 0 Å². The van der Waals surface area contributed by atoms with Crippen LogP contribution in [0.5, 0.6) is 17.2 Å².